The van der Waals surface area contributed by atoms with Gasteiger partial charge in [0.05, 0.1) is 23.1 Å². The highest BCUT2D eigenvalue weighted by atomic mass is 35.5. The summed E-state index contributed by atoms with van der Waals surface area (Å²) in [7, 11) is 4.35. The summed E-state index contributed by atoms with van der Waals surface area (Å²) in [4.78, 5) is 4.79. The van der Waals surface area contributed by atoms with Gasteiger partial charge in [0.2, 0.25) is 0 Å². The molecule has 2 aromatic carbocycles. The van der Waals surface area contributed by atoms with Crippen LogP contribution in [0.1, 0.15) is 24.0 Å². The summed E-state index contributed by atoms with van der Waals surface area (Å²) in [5.41, 5.74) is 7.21. The smallest absolute Gasteiger partial charge is 0.132 e. The topological polar surface area (TPSA) is 16.3 Å². The highest BCUT2D eigenvalue weighted by Gasteiger charge is 2.32. The maximum absolute atomic E-state index is 14.2. The molecule has 0 bridgehead atoms. The number of fused-ring (bicyclic) bond motifs is 4. The molecule has 184 valence electrons. The number of benzene rings is 2. The molecule has 6 heterocycles. The van der Waals surface area contributed by atoms with Gasteiger partial charge in [0.1, 0.15) is 5.82 Å². The van der Waals surface area contributed by atoms with Gasteiger partial charge in [-0.3, -0.25) is 9.80 Å². The molecule has 2 atom stereocenters. The Labute approximate surface area is 215 Å². The summed E-state index contributed by atoms with van der Waals surface area (Å²) < 4.78 is 18.8. The monoisotopic (exact) mass is 500 g/mol. The van der Waals surface area contributed by atoms with Crippen LogP contribution in [0.25, 0.3) is 33.0 Å². The van der Waals surface area contributed by atoms with Gasteiger partial charge in [0.15, 0.2) is 0 Å². The van der Waals surface area contributed by atoms with E-state index in [0.717, 1.165) is 60.5 Å². The Morgan fingerprint density at radius 2 is 1.44 bits per heavy atom. The van der Waals surface area contributed by atoms with Gasteiger partial charge in [-0.1, -0.05) is 29.8 Å². The number of likely N-dealkylation sites (N-methyl/N-ethyl adjacent to an activating group) is 2. The van der Waals surface area contributed by atoms with Crippen LogP contribution in [0, 0.1) is 5.82 Å². The zero-order valence-corrected chi connectivity index (χ0v) is 21.5. The van der Waals surface area contributed by atoms with Crippen molar-refractivity contribution in [1.82, 2.24) is 18.9 Å². The van der Waals surface area contributed by atoms with E-state index < -0.39 is 0 Å². The molecule has 6 heteroatoms. The van der Waals surface area contributed by atoms with Gasteiger partial charge in [0, 0.05) is 65.5 Å². The first kappa shape index (κ1) is 22.3. The van der Waals surface area contributed by atoms with Crippen molar-refractivity contribution in [2.45, 2.75) is 38.0 Å². The van der Waals surface area contributed by atoms with Gasteiger partial charge in [-0.2, -0.15) is 0 Å². The zero-order valence-electron chi connectivity index (χ0n) is 20.7. The number of nitrogens with zero attached hydrogens (tertiary/aromatic N) is 4. The van der Waals surface area contributed by atoms with Crippen molar-refractivity contribution in [3.63, 3.8) is 0 Å². The minimum Gasteiger partial charge on any atom is -0.345 e. The molecule has 0 N–H and O–H groups in total. The molecule has 0 radical (unpaired) electrons. The Balaban J connectivity index is 0.000000122. The Hall–Kier alpha value is -2.86. The van der Waals surface area contributed by atoms with Crippen molar-refractivity contribution in [2.24, 2.45) is 0 Å². The molecular weight excluding hydrogens is 471 g/mol. The van der Waals surface area contributed by atoms with Crippen LogP contribution in [0.2, 0.25) is 5.02 Å². The number of aromatic nitrogens is 2. The first-order chi connectivity index (χ1) is 17.5. The summed E-state index contributed by atoms with van der Waals surface area (Å²) in [5, 5.41) is 3.18. The Bertz CT molecular complexity index is 1570. The van der Waals surface area contributed by atoms with Gasteiger partial charge in [0.25, 0.3) is 0 Å². The second kappa shape index (κ2) is 8.34. The molecule has 4 nitrogen and oxygen atoms in total. The molecule has 4 aliphatic rings. The summed E-state index contributed by atoms with van der Waals surface area (Å²) in [6, 6.07) is 12.7. The maximum Gasteiger partial charge on any atom is 0.132 e. The molecule has 0 amide bonds. The lowest BCUT2D eigenvalue weighted by Crippen LogP contribution is -2.41. The highest BCUT2D eigenvalue weighted by Crippen LogP contribution is 2.40. The summed E-state index contributed by atoms with van der Waals surface area (Å²) in [5.74, 6) is -0.0892. The average molecular weight is 501 g/mol. The number of hydrogen-bond acceptors (Lipinski definition) is 2. The summed E-state index contributed by atoms with van der Waals surface area (Å²) >= 11 is 6.28. The van der Waals surface area contributed by atoms with Crippen molar-refractivity contribution in [2.75, 3.05) is 27.2 Å². The van der Waals surface area contributed by atoms with Crippen molar-refractivity contribution in [3.05, 3.63) is 82.9 Å². The number of rotatable bonds is 0. The van der Waals surface area contributed by atoms with E-state index in [0.29, 0.717) is 12.1 Å². The molecule has 0 saturated heterocycles. The lowest BCUT2D eigenvalue weighted by Gasteiger charge is -2.37. The third-order valence-electron chi connectivity index (χ3n) is 8.56. The van der Waals surface area contributed by atoms with Crippen LogP contribution in [0.15, 0.2) is 60.9 Å². The molecule has 0 saturated carbocycles. The lowest BCUT2D eigenvalue weighted by molar-refractivity contribution is 0.260. The largest absolute Gasteiger partial charge is 0.345 e. The third-order valence-corrected chi connectivity index (χ3v) is 8.89. The molecular formula is C30H30ClFN4. The SMILES string of the molecule is CN1CCC=C2c3c(F)ccc4ccn(c34)CC21.CN1CCC=C2c3ccc(Cl)c4ccn(c34)CC21. The Morgan fingerprint density at radius 1 is 0.778 bits per heavy atom. The van der Waals surface area contributed by atoms with Crippen LogP contribution < -0.4 is 0 Å². The fraction of sp³-hybridized carbons (Fsp3) is 0.333. The van der Waals surface area contributed by atoms with Crippen molar-refractivity contribution in [1.29, 1.82) is 0 Å². The molecule has 4 aliphatic heterocycles. The van der Waals surface area contributed by atoms with Crippen LogP contribution in [0.3, 0.4) is 0 Å². The van der Waals surface area contributed by atoms with E-state index in [4.69, 9.17) is 11.6 Å². The summed E-state index contributed by atoms with van der Waals surface area (Å²) in [6.07, 6.45) is 11.0. The summed E-state index contributed by atoms with van der Waals surface area (Å²) in [6.45, 7) is 4.19. The van der Waals surface area contributed by atoms with Gasteiger partial charge >= 0.3 is 0 Å². The zero-order chi connectivity index (χ0) is 24.6. The molecule has 2 aromatic heterocycles. The molecule has 4 aromatic rings. The van der Waals surface area contributed by atoms with Crippen LogP contribution in [0.4, 0.5) is 4.39 Å². The second-order valence-corrected chi connectivity index (χ2v) is 10.9. The van der Waals surface area contributed by atoms with Crippen LogP contribution in [0.5, 0.6) is 0 Å². The maximum atomic E-state index is 14.2. The average Bonchev–Trinajstić information content (AvgIpc) is 3.50. The molecule has 0 spiro atoms. The van der Waals surface area contributed by atoms with E-state index in [9.17, 15) is 4.39 Å². The standard InChI is InChI=1S/C15H15ClN2.C15H15FN2/c1-17-7-2-3-10-11-4-5-13(16)12-6-8-18(15(11)12)9-14(10)17;1-17-7-2-3-11-13(17)9-18-8-6-10-4-5-12(16)14(11)15(10)18/h3-6,8,14H,2,7,9H2,1H3;3-6,8,13H,2,7,9H2,1H3. The lowest BCUT2D eigenvalue weighted by atomic mass is 9.89. The second-order valence-electron chi connectivity index (χ2n) is 10.5. The van der Waals surface area contributed by atoms with Gasteiger partial charge in [-0.15, -0.1) is 0 Å². The predicted octanol–water partition coefficient (Wildman–Crippen LogP) is 6.28. The van der Waals surface area contributed by atoms with E-state index in [-0.39, 0.29) is 5.82 Å². The Kier molecular flexibility index (Phi) is 5.18. The van der Waals surface area contributed by atoms with E-state index in [2.05, 4.69) is 75.8 Å². The van der Waals surface area contributed by atoms with E-state index in [1.165, 1.54) is 27.6 Å². The fourth-order valence-corrected chi connectivity index (χ4v) is 6.90. The molecule has 0 fully saturated rings. The van der Waals surface area contributed by atoms with E-state index >= 15 is 0 Å². The first-order valence-electron chi connectivity index (χ1n) is 12.9. The van der Waals surface area contributed by atoms with E-state index in [1.54, 1.807) is 6.07 Å². The quantitative estimate of drug-likeness (QED) is 0.282. The minimum absolute atomic E-state index is 0.0892. The van der Waals surface area contributed by atoms with Crippen LogP contribution in [-0.4, -0.2) is 58.2 Å². The van der Waals surface area contributed by atoms with Gasteiger partial charge in [-0.25, -0.2) is 4.39 Å². The van der Waals surface area contributed by atoms with Crippen molar-refractivity contribution in [3.8, 4) is 0 Å². The van der Waals surface area contributed by atoms with E-state index in [1.807, 2.05) is 12.1 Å². The number of hydrogen-bond donors (Lipinski definition) is 0. The minimum atomic E-state index is -0.0892. The first-order valence-corrected chi connectivity index (χ1v) is 13.2. The third kappa shape index (κ3) is 3.26. The molecule has 2 unspecified atom stereocenters. The van der Waals surface area contributed by atoms with Crippen LogP contribution in [-0.2, 0) is 13.1 Å². The molecule has 36 heavy (non-hydrogen) atoms. The normalized spacial score (nSPS) is 23.0. The fourth-order valence-electron chi connectivity index (χ4n) is 6.69. The van der Waals surface area contributed by atoms with Crippen molar-refractivity contribution >= 4 is 44.6 Å². The van der Waals surface area contributed by atoms with Gasteiger partial charge < -0.3 is 9.13 Å². The van der Waals surface area contributed by atoms with Gasteiger partial charge in [-0.05, 0) is 68.4 Å². The number of halogens is 2. The predicted molar refractivity (Wildman–Crippen MR) is 147 cm³/mol. The molecule has 8 rings (SSSR count). The highest BCUT2D eigenvalue weighted by molar-refractivity contribution is 6.35. The van der Waals surface area contributed by atoms with Crippen molar-refractivity contribution < 1.29 is 4.39 Å². The van der Waals surface area contributed by atoms with Crippen LogP contribution >= 0.6 is 11.6 Å². The Morgan fingerprint density at radius 3 is 2.22 bits per heavy atom. The molecule has 0 aliphatic carbocycles.